The van der Waals surface area contributed by atoms with Crippen molar-refractivity contribution in [3.8, 4) is 5.75 Å². The van der Waals surface area contributed by atoms with Crippen LogP contribution in [0.15, 0.2) is 39.8 Å². The summed E-state index contributed by atoms with van der Waals surface area (Å²) in [4.78, 5) is 12.3. The number of hydrogen-bond donors (Lipinski definition) is 0. The lowest BCUT2D eigenvalue weighted by atomic mass is 10.3. The number of ether oxygens (including phenoxy) is 1. The zero-order valence-electron chi connectivity index (χ0n) is 14.0. The van der Waals surface area contributed by atoms with Gasteiger partial charge in [0.2, 0.25) is 10.0 Å². The molecule has 0 atom stereocenters. The van der Waals surface area contributed by atoms with Crippen LogP contribution in [-0.4, -0.2) is 36.3 Å². The van der Waals surface area contributed by atoms with Crippen LogP contribution in [0.3, 0.4) is 0 Å². The van der Waals surface area contributed by atoms with Crippen molar-refractivity contribution < 1.29 is 22.3 Å². The average molecular weight is 433 g/mol. The number of benzene rings is 1. The minimum Gasteiger partial charge on any atom is -0.419 e. The summed E-state index contributed by atoms with van der Waals surface area (Å²) in [6, 6.07) is 5.25. The number of esters is 1. The maximum Gasteiger partial charge on any atom is 0.360 e. The third kappa shape index (κ3) is 4.10. The first-order valence-corrected chi connectivity index (χ1v) is 9.77. The Bertz CT molecular complexity index is 892. The van der Waals surface area contributed by atoms with Crippen LogP contribution in [0.5, 0.6) is 5.75 Å². The van der Waals surface area contributed by atoms with E-state index in [4.69, 9.17) is 4.74 Å². The van der Waals surface area contributed by atoms with Gasteiger partial charge >= 0.3 is 5.97 Å². The Morgan fingerprint density at radius 1 is 1.28 bits per heavy atom. The Balaban J connectivity index is 2.32. The van der Waals surface area contributed by atoms with Gasteiger partial charge < -0.3 is 9.30 Å². The first-order valence-electron chi connectivity index (χ1n) is 7.54. The van der Waals surface area contributed by atoms with Gasteiger partial charge in [0.15, 0.2) is 11.6 Å². The highest BCUT2D eigenvalue weighted by molar-refractivity contribution is 9.10. The Morgan fingerprint density at radius 2 is 1.92 bits per heavy atom. The largest absolute Gasteiger partial charge is 0.419 e. The maximum absolute atomic E-state index is 13.8. The second-order valence-corrected chi connectivity index (χ2v) is 8.08. The van der Waals surface area contributed by atoms with E-state index in [0.29, 0.717) is 17.6 Å². The smallest absolute Gasteiger partial charge is 0.360 e. The normalized spacial score (nSPS) is 11.8. The first-order chi connectivity index (χ1) is 11.7. The first kappa shape index (κ1) is 19.6. The molecule has 0 aliphatic heterocycles. The van der Waals surface area contributed by atoms with Gasteiger partial charge in [-0.25, -0.2) is 17.6 Å². The molecule has 0 aliphatic rings. The monoisotopic (exact) mass is 432 g/mol. The zero-order chi connectivity index (χ0) is 18.8. The molecule has 1 aromatic carbocycles. The van der Waals surface area contributed by atoms with Gasteiger partial charge in [-0.05, 0) is 24.3 Å². The highest BCUT2D eigenvalue weighted by Crippen LogP contribution is 2.24. The molecule has 136 valence electrons. The van der Waals surface area contributed by atoms with E-state index in [1.807, 2.05) is 0 Å². The topological polar surface area (TPSA) is 68.6 Å². The molecule has 0 radical (unpaired) electrons. The number of carbonyl (C=O) groups is 1. The molecule has 25 heavy (non-hydrogen) atoms. The Labute approximate surface area is 154 Å². The SMILES string of the molecule is CCN(CC)S(=O)(=O)c1cc(C(=O)Oc2ccc(Br)cc2F)n(C)c1. The van der Waals surface area contributed by atoms with E-state index in [-0.39, 0.29) is 16.3 Å². The molecule has 0 aliphatic carbocycles. The van der Waals surface area contributed by atoms with Crippen molar-refractivity contribution in [2.24, 2.45) is 7.05 Å². The van der Waals surface area contributed by atoms with Crippen molar-refractivity contribution >= 4 is 31.9 Å². The fourth-order valence-corrected chi connectivity index (χ4v) is 4.16. The summed E-state index contributed by atoms with van der Waals surface area (Å²) in [6.45, 7) is 4.10. The summed E-state index contributed by atoms with van der Waals surface area (Å²) in [5.41, 5.74) is 0.00745. The molecule has 1 aromatic heterocycles. The molecule has 0 spiro atoms. The van der Waals surface area contributed by atoms with Crippen molar-refractivity contribution in [2.45, 2.75) is 18.7 Å². The van der Waals surface area contributed by atoms with Gasteiger partial charge in [0, 0.05) is 30.8 Å². The molecular weight excluding hydrogens is 415 g/mol. The number of carbonyl (C=O) groups excluding carboxylic acids is 1. The van der Waals surface area contributed by atoms with Crippen molar-refractivity contribution in [2.75, 3.05) is 13.1 Å². The van der Waals surface area contributed by atoms with E-state index in [9.17, 15) is 17.6 Å². The predicted octanol–water partition coefficient (Wildman–Crippen LogP) is 3.18. The highest BCUT2D eigenvalue weighted by Gasteiger charge is 2.26. The maximum atomic E-state index is 13.8. The number of hydrogen-bond acceptors (Lipinski definition) is 4. The second kappa shape index (κ2) is 7.67. The summed E-state index contributed by atoms with van der Waals surface area (Å²) in [6.07, 6.45) is 1.34. The number of sulfonamides is 1. The molecule has 2 aromatic rings. The van der Waals surface area contributed by atoms with E-state index in [1.54, 1.807) is 13.8 Å². The molecule has 0 unspecified atom stereocenters. The molecule has 0 saturated heterocycles. The van der Waals surface area contributed by atoms with Crippen LogP contribution in [0.2, 0.25) is 0 Å². The standard InChI is InChI=1S/C16H18BrFN2O4S/c1-4-20(5-2)25(22,23)12-9-14(19(3)10-12)16(21)24-15-7-6-11(17)8-13(15)18/h6-10H,4-5H2,1-3H3. The van der Waals surface area contributed by atoms with Crippen LogP contribution in [0, 0.1) is 5.82 Å². The number of nitrogens with zero attached hydrogens (tertiary/aromatic N) is 2. The van der Waals surface area contributed by atoms with Crippen molar-refractivity contribution in [1.82, 2.24) is 8.87 Å². The van der Waals surface area contributed by atoms with Gasteiger partial charge in [-0.15, -0.1) is 0 Å². The summed E-state index contributed by atoms with van der Waals surface area (Å²) < 4.78 is 47.0. The summed E-state index contributed by atoms with van der Waals surface area (Å²) >= 11 is 3.12. The van der Waals surface area contributed by atoms with E-state index in [0.717, 1.165) is 0 Å². The summed E-state index contributed by atoms with van der Waals surface area (Å²) in [7, 11) is -2.17. The average Bonchev–Trinajstić information content (AvgIpc) is 2.94. The zero-order valence-corrected chi connectivity index (χ0v) is 16.4. The molecular formula is C16H18BrFN2O4S. The van der Waals surface area contributed by atoms with Crippen LogP contribution < -0.4 is 4.74 Å². The van der Waals surface area contributed by atoms with Gasteiger partial charge in [-0.2, -0.15) is 4.31 Å². The molecule has 6 nitrogen and oxygen atoms in total. The summed E-state index contributed by atoms with van der Waals surface area (Å²) in [5, 5.41) is 0. The Hall–Kier alpha value is -1.71. The van der Waals surface area contributed by atoms with E-state index < -0.39 is 21.8 Å². The van der Waals surface area contributed by atoms with E-state index in [1.165, 1.54) is 46.4 Å². The molecule has 0 N–H and O–H groups in total. The predicted molar refractivity (Wildman–Crippen MR) is 94.6 cm³/mol. The lowest BCUT2D eigenvalue weighted by Gasteiger charge is -2.17. The van der Waals surface area contributed by atoms with Gasteiger partial charge in [0.1, 0.15) is 10.6 Å². The van der Waals surface area contributed by atoms with Crippen molar-refractivity contribution in [3.63, 3.8) is 0 Å². The molecule has 0 saturated carbocycles. The fourth-order valence-electron chi connectivity index (χ4n) is 2.30. The van der Waals surface area contributed by atoms with Crippen molar-refractivity contribution in [1.29, 1.82) is 0 Å². The second-order valence-electron chi connectivity index (χ2n) is 5.23. The van der Waals surface area contributed by atoms with Crippen LogP contribution in [-0.2, 0) is 17.1 Å². The minimum atomic E-state index is -3.70. The van der Waals surface area contributed by atoms with Gasteiger partial charge in [0.25, 0.3) is 0 Å². The number of aromatic nitrogens is 1. The quantitative estimate of drug-likeness (QED) is 0.519. The molecule has 2 rings (SSSR count). The third-order valence-corrected chi connectivity index (χ3v) is 6.14. The lowest BCUT2D eigenvalue weighted by Crippen LogP contribution is -2.30. The van der Waals surface area contributed by atoms with E-state index in [2.05, 4.69) is 15.9 Å². The van der Waals surface area contributed by atoms with Crippen LogP contribution in [0.25, 0.3) is 0 Å². The highest BCUT2D eigenvalue weighted by atomic mass is 79.9. The van der Waals surface area contributed by atoms with Gasteiger partial charge in [-0.1, -0.05) is 29.8 Å². The molecule has 0 amide bonds. The van der Waals surface area contributed by atoms with Crippen molar-refractivity contribution in [3.05, 3.63) is 46.4 Å². The van der Waals surface area contributed by atoms with Crippen LogP contribution in [0.4, 0.5) is 4.39 Å². The number of aryl methyl sites for hydroxylation is 1. The van der Waals surface area contributed by atoms with Gasteiger partial charge in [0.05, 0.1) is 0 Å². The third-order valence-electron chi connectivity index (χ3n) is 3.63. The number of rotatable bonds is 6. The van der Waals surface area contributed by atoms with Crippen LogP contribution in [0.1, 0.15) is 24.3 Å². The Kier molecular flexibility index (Phi) is 6.02. The molecule has 0 bridgehead atoms. The van der Waals surface area contributed by atoms with Crippen LogP contribution >= 0.6 is 15.9 Å². The lowest BCUT2D eigenvalue weighted by molar-refractivity contribution is 0.0718. The molecule has 0 fully saturated rings. The molecule has 9 heteroatoms. The minimum absolute atomic E-state index is 0.00745. The Morgan fingerprint density at radius 3 is 2.48 bits per heavy atom. The van der Waals surface area contributed by atoms with E-state index >= 15 is 0 Å². The van der Waals surface area contributed by atoms with Gasteiger partial charge in [-0.3, -0.25) is 0 Å². The fraction of sp³-hybridized carbons (Fsp3) is 0.312. The number of halogens is 2. The summed E-state index contributed by atoms with van der Waals surface area (Å²) in [5.74, 6) is -1.78. The molecule has 1 heterocycles.